The standard InChI is InChI=1S/C9H11NO3/c1-6(9(11)12)7-4-3-5-8(10-7)13-2/h3-6H,1-2H3,(H,11,12). The fourth-order valence-electron chi connectivity index (χ4n) is 0.912. The highest BCUT2D eigenvalue weighted by molar-refractivity contribution is 5.74. The first-order valence-electron chi connectivity index (χ1n) is 3.89. The van der Waals surface area contributed by atoms with Crippen molar-refractivity contribution in [2.45, 2.75) is 12.8 Å². The van der Waals surface area contributed by atoms with Crippen LogP contribution in [0.4, 0.5) is 0 Å². The van der Waals surface area contributed by atoms with Crippen LogP contribution in [0.2, 0.25) is 0 Å². The first kappa shape index (κ1) is 9.51. The van der Waals surface area contributed by atoms with Crippen molar-refractivity contribution in [1.82, 2.24) is 4.98 Å². The number of aliphatic carboxylic acids is 1. The van der Waals surface area contributed by atoms with Crippen LogP contribution >= 0.6 is 0 Å². The number of carboxylic acids is 1. The second-order valence-corrected chi connectivity index (χ2v) is 2.66. The van der Waals surface area contributed by atoms with E-state index in [9.17, 15) is 4.79 Å². The maximum Gasteiger partial charge on any atom is 0.312 e. The van der Waals surface area contributed by atoms with Gasteiger partial charge in [-0.3, -0.25) is 4.79 Å². The molecule has 0 fully saturated rings. The van der Waals surface area contributed by atoms with Crippen LogP contribution in [0.5, 0.6) is 5.88 Å². The Hall–Kier alpha value is -1.58. The highest BCUT2D eigenvalue weighted by atomic mass is 16.5. The molecule has 4 nitrogen and oxygen atoms in total. The number of hydrogen-bond donors (Lipinski definition) is 1. The third-order valence-electron chi connectivity index (χ3n) is 1.77. The Morgan fingerprint density at radius 2 is 2.31 bits per heavy atom. The topological polar surface area (TPSA) is 59.4 Å². The molecule has 1 unspecified atom stereocenters. The molecule has 0 spiro atoms. The predicted molar refractivity (Wildman–Crippen MR) is 46.8 cm³/mol. The van der Waals surface area contributed by atoms with E-state index in [1.165, 1.54) is 7.11 Å². The molecule has 0 bridgehead atoms. The Morgan fingerprint density at radius 3 is 2.85 bits per heavy atom. The lowest BCUT2D eigenvalue weighted by molar-refractivity contribution is -0.138. The van der Waals surface area contributed by atoms with Crippen molar-refractivity contribution in [3.8, 4) is 5.88 Å². The third kappa shape index (κ3) is 2.18. The minimum absolute atomic E-state index is 0.436. The molecule has 0 aliphatic rings. The van der Waals surface area contributed by atoms with Crippen molar-refractivity contribution in [2.24, 2.45) is 0 Å². The summed E-state index contributed by atoms with van der Waals surface area (Å²) in [6.07, 6.45) is 0. The highest BCUT2D eigenvalue weighted by Gasteiger charge is 2.15. The van der Waals surface area contributed by atoms with Gasteiger partial charge in [-0.2, -0.15) is 0 Å². The van der Waals surface area contributed by atoms with E-state index in [1.54, 1.807) is 25.1 Å². The van der Waals surface area contributed by atoms with Gasteiger partial charge in [-0.25, -0.2) is 4.98 Å². The zero-order chi connectivity index (χ0) is 9.84. The molecule has 1 atom stereocenters. The molecule has 1 heterocycles. The molecule has 0 saturated heterocycles. The largest absolute Gasteiger partial charge is 0.481 e. The second-order valence-electron chi connectivity index (χ2n) is 2.66. The van der Waals surface area contributed by atoms with Gasteiger partial charge in [-0.15, -0.1) is 0 Å². The molecule has 1 rings (SSSR count). The summed E-state index contributed by atoms with van der Waals surface area (Å²) in [6.45, 7) is 1.59. The summed E-state index contributed by atoms with van der Waals surface area (Å²) in [4.78, 5) is 14.6. The summed E-state index contributed by atoms with van der Waals surface area (Å²) in [5, 5.41) is 8.72. The molecule has 1 aromatic rings. The molecule has 0 aromatic carbocycles. The van der Waals surface area contributed by atoms with E-state index in [-0.39, 0.29) is 0 Å². The van der Waals surface area contributed by atoms with Crippen LogP contribution < -0.4 is 4.74 Å². The monoisotopic (exact) mass is 181 g/mol. The van der Waals surface area contributed by atoms with Gasteiger partial charge in [0.25, 0.3) is 0 Å². The SMILES string of the molecule is COc1cccc(C(C)C(=O)O)n1. The Bertz CT molecular complexity index is 311. The molecule has 1 N–H and O–H groups in total. The summed E-state index contributed by atoms with van der Waals surface area (Å²) < 4.78 is 4.88. The van der Waals surface area contributed by atoms with Crippen molar-refractivity contribution in [2.75, 3.05) is 7.11 Å². The first-order valence-corrected chi connectivity index (χ1v) is 3.89. The lowest BCUT2D eigenvalue weighted by Gasteiger charge is -2.06. The van der Waals surface area contributed by atoms with Crippen LogP contribution in [0.1, 0.15) is 18.5 Å². The van der Waals surface area contributed by atoms with Crippen molar-refractivity contribution in [3.05, 3.63) is 23.9 Å². The Morgan fingerprint density at radius 1 is 1.62 bits per heavy atom. The summed E-state index contributed by atoms with van der Waals surface area (Å²) in [7, 11) is 1.50. The average molecular weight is 181 g/mol. The average Bonchev–Trinajstić information content (AvgIpc) is 2.16. The first-order chi connectivity index (χ1) is 6.15. The van der Waals surface area contributed by atoms with Crippen LogP contribution in [0, 0.1) is 0 Å². The summed E-state index contributed by atoms with van der Waals surface area (Å²) in [5.74, 6) is -1.05. The van der Waals surface area contributed by atoms with E-state index in [0.29, 0.717) is 11.6 Å². The van der Waals surface area contributed by atoms with Gasteiger partial charge in [0.1, 0.15) is 0 Å². The van der Waals surface area contributed by atoms with Crippen molar-refractivity contribution in [3.63, 3.8) is 0 Å². The fraction of sp³-hybridized carbons (Fsp3) is 0.333. The molecule has 0 saturated carbocycles. The number of ether oxygens (including phenoxy) is 1. The Labute approximate surface area is 76.2 Å². The van der Waals surface area contributed by atoms with Crippen LogP contribution in [0.3, 0.4) is 0 Å². The molecule has 0 aliphatic carbocycles. The lowest BCUT2D eigenvalue weighted by Crippen LogP contribution is -2.09. The van der Waals surface area contributed by atoms with Gasteiger partial charge < -0.3 is 9.84 Å². The number of carboxylic acid groups (broad SMARTS) is 1. The molecule has 0 radical (unpaired) electrons. The van der Waals surface area contributed by atoms with Crippen LogP contribution in [-0.2, 0) is 4.79 Å². The van der Waals surface area contributed by atoms with E-state index >= 15 is 0 Å². The van der Waals surface area contributed by atoms with Gasteiger partial charge in [0.05, 0.1) is 18.7 Å². The van der Waals surface area contributed by atoms with Crippen molar-refractivity contribution < 1.29 is 14.6 Å². The fourth-order valence-corrected chi connectivity index (χ4v) is 0.912. The number of carbonyl (C=O) groups is 1. The molecule has 0 aliphatic heterocycles. The van der Waals surface area contributed by atoms with Gasteiger partial charge in [0.15, 0.2) is 0 Å². The molecule has 1 aromatic heterocycles. The number of methoxy groups -OCH3 is 1. The Balaban J connectivity index is 2.94. The van der Waals surface area contributed by atoms with E-state index in [1.807, 2.05) is 0 Å². The predicted octanol–water partition coefficient (Wildman–Crippen LogP) is 1.28. The quantitative estimate of drug-likeness (QED) is 0.763. The minimum Gasteiger partial charge on any atom is -0.481 e. The molecule has 4 heteroatoms. The molecular weight excluding hydrogens is 170 g/mol. The van der Waals surface area contributed by atoms with Crippen LogP contribution in [0.25, 0.3) is 0 Å². The molecule has 13 heavy (non-hydrogen) atoms. The number of aromatic nitrogens is 1. The van der Waals surface area contributed by atoms with Gasteiger partial charge in [-0.1, -0.05) is 6.07 Å². The highest BCUT2D eigenvalue weighted by Crippen LogP contribution is 2.15. The zero-order valence-electron chi connectivity index (χ0n) is 7.52. The van der Waals surface area contributed by atoms with E-state index in [2.05, 4.69) is 4.98 Å². The number of rotatable bonds is 3. The third-order valence-corrected chi connectivity index (χ3v) is 1.77. The summed E-state index contributed by atoms with van der Waals surface area (Å²) in [6, 6.07) is 5.07. The summed E-state index contributed by atoms with van der Waals surface area (Å²) >= 11 is 0. The molecule has 70 valence electrons. The smallest absolute Gasteiger partial charge is 0.312 e. The van der Waals surface area contributed by atoms with Gasteiger partial charge >= 0.3 is 5.97 Å². The second kappa shape index (κ2) is 3.89. The molecule has 0 amide bonds. The van der Waals surface area contributed by atoms with Crippen molar-refractivity contribution >= 4 is 5.97 Å². The van der Waals surface area contributed by atoms with Crippen LogP contribution in [0.15, 0.2) is 18.2 Å². The number of nitrogens with zero attached hydrogens (tertiary/aromatic N) is 1. The lowest BCUT2D eigenvalue weighted by atomic mass is 10.1. The van der Waals surface area contributed by atoms with E-state index < -0.39 is 11.9 Å². The maximum absolute atomic E-state index is 10.6. The number of hydrogen-bond acceptors (Lipinski definition) is 3. The molecular formula is C9H11NO3. The summed E-state index contributed by atoms with van der Waals surface area (Å²) in [5.41, 5.74) is 0.506. The maximum atomic E-state index is 10.6. The normalized spacial score (nSPS) is 12.2. The number of pyridine rings is 1. The van der Waals surface area contributed by atoms with Gasteiger partial charge in [0, 0.05) is 6.07 Å². The van der Waals surface area contributed by atoms with Crippen molar-refractivity contribution in [1.29, 1.82) is 0 Å². The zero-order valence-corrected chi connectivity index (χ0v) is 7.52. The van der Waals surface area contributed by atoms with Gasteiger partial charge in [0.2, 0.25) is 5.88 Å². The van der Waals surface area contributed by atoms with E-state index in [4.69, 9.17) is 9.84 Å². The van der Waals surface area contributed by atoms with E-state index in [0.717, 1.165) is 0 Å². The van der Waals surface area contributed by atoms with Crippen LogP contribution in [-0.4, -0.2) is 23.2 Å². The Kier molecular flexibility index (Phi) is 2.84. The minimum atomic E-state index is -0.888. The van der Waals surface area contributed by atoms with Gasteiger partial charge in [-0.05, 0) is 13.0 Å².